The maximum absolute atomic E-state index is 12.8. The molecule has 23 heavy (non-hydrogen) atoms. The molecular formula is C19H21FN2O. The monoisotopic (exact) mass is 312 g/mol. The lowest BCUT2D eigenvalue weighted by Gasteiger charge is -2.42. The third kappa shape index (κ3) is 3.70. The van der Waals surface area contributed by atoms with Crippen LogP contribution in [0.3, 0.4) is 0 Å². The Labute approximate surface area is 135 Å². The number of halogens is 1. The molecule has 0 atom stereocenters. The Morgan fingerprint density at radius 1 is 1.00 bits per heavy atom. The van der Waals surface area contributed by atoms with Gasteiger partial charge in [0.1, 0.15) is 5.82 Å². The topological polar surface area (TPSA) is 41.1 Å². The van der Waals surface area contributed by atoms with E-state index in [0.717, 1.165) is 18.4 Å². The van der Waals surface area contributed by atoms with Gasteiger partial charge in [0, 0.05) is 18.5 Å². The Bertz CT molecular complexity index is 651. The average Bonchev–Trinajstić information content (AvgIpc) is 2.54. The summed E-state index contributed by atoms with van der Waals surface area (Å²) in [6.07, 6.45) is 3.41. The lowest BCUT2D eigenvalue weighted by atomic mass is 9.64. The number of urea groups is 1. The van der Waals surface area contributed by atoms with Crippen LogP contribution in [0.15, 0.2) is 54.6 Å². The van der Waals surface area contributed by atoms with Crippen LogP contribution < -0.4 is 10.6 Å². The van der Waals surface area contributed by atoms with E-state index in [1.807, 2.05) is 18.2 Å². The number of amides is 2. The van der Waals surface area contributed by atoms with Crippen LogP contribution in [0.25, 0.3) is 0 Å². The first-order valence-corrected chi connectivity index (χ1v) is 8.00. The number of hydrogen-bond donors (Lipinski definition) is 2. The Hall–Kier alpha value is -2.36. The molecule has 120 valence electrons. The molecule has 0 radical (unpaired) electrons. The summed E-state index contributed by atoms with van der Waals surface area (Å²) in [6.45, 7) is 1.04. The first-order valence-electron chi connectivity index (χ1n) is 8.00. The first kappa shape index (κ1) is 15.5. The number of hydrogen-bond acceptors (Lipinski definition) is 1. The summed E-state index contributed by atoms with van der Waals surface area (Å²) >= 11 is 0. The van der Waals surface area contributed by atoms with Crippen molar-refractivity contribution in [2.45, 2.75) is 31.2 Å². The van der Waals surface area contributed by atoms with Crippen LogP contribution >= 0.6 is 0 Å². The average molecular weight is 312 g/mol. The summed E-state index contributed by atoms with van der Waals surface area (Å²) in [5.74, 6) is -0.270. The molecule has 0 heterocycles. The Kier molecular flexibility index (Phi) is 4.60. The molecule has 1 aliphatic carbocycles. The second kappa shape index (κ2) is 6.82. The van der Waals surface area contributed by atoms with Gasteiger partial charge in [0.15, 0.2) is 0 Å². The second-order valence-corrected chi connectivity index (χ2v) is 6.16. The highest BCUT2D eigenvalue weighted by molar-refractivity contribution is 5.74. The van der Waals surface area contributed by atoms with Crippen molar-refractivity contribution in [3.63, 3.8) is 0 Å². The van der Waals surface area contributed by atoms with Crippen molar-refractivity contribution in [2.75, 3.05) is 6.54 Å². The highest BCUT2D eigenvalue weighted by Gasteiger charge is 2.38. The predicted octanol–water partition coefficient (Wildman–Crippen LogP) is 3.75. The van der Waals surface area contributed by atoms with Gasteiger partial charge in [0.05, 0.1) is 0 Å². The summed E-state index contributed by atoms with van der Waals surface area (Å²) in [5, 5.41) is 5.80. The standard InChI is InChI=1S/C19H21FN2O/c20-17-9-7-15(8-10-17)13-21-18(23)22-14-19(11-4-12-19)16-5-2-1-3-6-16/h1-3,5-10H,4,11-14H2,(H2,21,22,23). The zero-order valence-electron chi connectivity index (χ0n) is 13.0. The van der Waals surface area contributed by atoms with Crippen molar-refractivity contribution in [1.82, 2.24) is 10.6 Å². The maximum Gasteiger partial charge on any atom is 0.315 e. The van der Waals surface area contributed by atoms with Gasteiger partial charge in [-0.25, -0.2) is 9.18 Å². The van der Waals surface area contributed by atoms with Crippen molar-refractivity contribution in [3.05, 3.63) is 71.5 Å². The number of rotatable bonds is 5. The summed E-state index contributed by atoms with van der Waals surface area (Å²) in [6, 6.07) is 16.3. The minimum absolute atomic E-state index is 0.0779. The highest BCUT2D eigenvalue weighted by Crippen LogP contribution is 2.43. The molecule has 2 aromatic rings. The Morgan fingerprint density at radius 3 is 2.30 bits per heavy atom. The van der Waals surface area contributed by atoms with Crippen molar-refractivity contribution in [2.24, 2.45) is 0 Å². The lowest BCUT2D eigenvalue weighted by Crippen LogP contribution is -2.48. The van der Waals surface area contributed by atoms with E-state index in [1.165, 1.54) is 24.1 Å². The van der Waals surface area contributed by atoms with Gasteiger partial charge in [0.25, 0.3) is 0 Å². The molecule has 4 heteroatoms. The highest BCUT2D eigenvalue weighted by atomic mass is 19.1. The van der Waals surface area contributed by atoms with E-state index < -0.39 is 0 Å². The van der Waals surface area contributed by atoms with E-state index in [1.54, 1.807) is 12.1 Å². The lowest BCUT2D eigenvalue weighted by molar-refractivity contribution is 0.214. The van der Waals surface area contributed by atoms with E-state index in [4.69, 9.17) is 0 Å². The minimum atomic E-state index is -0.270. The van der Waals surface area contributed by atoms with Crippen LogP contribution in [0, 0.1) is 5.82 Å². The van der Waals surface area contributed by atoms with Crippen LogP contribution in [0.5, 0.6) is 0 Å². The number of carbonyl (C=O) groups excluding carboxylic acids is 1. The maximum atomic E-state index is 12.8. The summed E-state index contributed by atoms with van der Waals surface area (Å²) in [5.41, 5.74) is 2.25. The van der Waals surface area contributed by atoms with Gasteiger partial charge < -0.3 is 10.6 Å². The predicted molar refractivity (Wildman–Crippen MR) is 88.6 cm³/mol. The molecule has 0 aliphatic heterocycles. The molecule has 1 aliphatic rings. The van der Waals surface area contributed by atoms with Gasteiger partial charge in [0.2, 0.25) is 0 Å². The third-order valence-electron chi connectivity index (χ3n) is 4.65. The van der Waals surface area contributed by atoms with Crippen molar-refractivity contribution in [1.29, 1.82) is 0 Å². The van der Waals surface area contributed by atoms with E-state index in [0.29, 0.717) is 13.1 Å². The normalized spacial score (nSPS) is 15.5. The summed E-state index contributed by atoms with van der Waals surface area (Å²) < 4.78 is 12.8. The molecule has 0 bridgehead atoms. The van der Waals surface area contributed by atoms with Gasteiger partial charge >= 0.3 is 6.03 Å². The van der Waals surface area contributed by atoms with Crippen LogP contribution in [0.2, 0.25) is 0 Å². The van der Waals surface area contributed by atoms with Crippen LogP contribution in [-0.2, 0) is 12.0 Å². The largest absolute Gasteiger partial charge is 0.337 e. The van der Waals surface area contributed by atoms with Crippen LogP contribution in [-0.4, -0.2) is 12.6 Å². The Balaban J connectivity index is 1.51. The second-order valence-electron chi connectivity index (χ2n) is 6.16. The fourth-order valence-corrected chi connectivity index (χ4v) is 3.06. The molecule has 1 fully saturated rings. The molecule has 1 saturated carbocycles. The van der Waals surface area contributed by atoms with Crippen molar-refractivity contribution >= 4 is 6.03 Å². The smallest absolute Gasteiger partial charge is 0.315 e. The third-order valence-corrected chi connectivity index (χ3v) is 4.65. The molecule has 3 rings (SSSR count). The molecule has 2 aromatic carbocycles. The minimum Gasteiger partial charge on any atom is -0.337 e. The van der Waals surface area contributed by atoms with Gasteiger partial charge in [-0.1, -0.05) is 48.9 Å². The Morgan fingerprint density at radius 2 is 1.70 bits per heavy atom. The van der Waals surface area contributed by atoms with Crippen LogP contribution in [0.4, 0.5) is 9.18 Å². The zero-order valence-corrected chi connectivity index (χ0v) is 13.0. The molecule has 0 spiro atoms. The molecular weight excluding hydrogens is 291 g/mol. The SMILES string of the molecule is O=C(NCc1ccc(F)cc1)NCC1(c2ccccc2)CCC1. The molecule has 2 amide bonds. The van der Waals surface area contributed by atoms with Crippen molar-refractivity contribution < 1.29 is 9.18 Å². The molecule has 2 N–H and O–H groups in total. The van der Waals surface area contributed by atoms with E-state index >= 15 is 0 Å². The van der Waals surface area contributed by atoms with E-state index in [2.05, 4.69) is 22.8 Å². The summed E-state index contributed by atoms with van der Waals surface area (Å²) in [4.78, 5) is 12.0. The molecule has 0 unspecified atom stereocenters. The molecule has 0 saturated heterocycles. The quantitative estimate of drug-likeness (QED) is 0.867. The fourth-order valence-electron chi connectivity index (χ4n) is 3.06. The summed E-state index contributed by atoms with van der Waals surface area (Å²) in [7, 11) is 0. The van der Waals surface area contributed by atoms with Crippen LogP contribution in [0.1, 0.15) is 30.4 Å². The number of nitrogens with one attached hydrogen (secondary N) is 2. The van der Waals surface area contributed by atoms with Gasteiger partial charge in [-0.05, 0) is 36.1 Å². The zero-order chi connectivity index (χ0) is 16.1. The molecule has 3 nitrogen and oxygen atoms in total. The van der Waals surface area contributed by atoms with E-state index in [-0.39, 0.29) is 17.3 Å². The number of carbonyl (C=O) groups is 1. The van der Waals surface area contributed by atoms with Crippen molar-refractivity contribution in [3.8, 4) is 0 Å². The molecule has 0 aromatic heterocycles. The van der Waals surface area contributed by atoms with Gasteiger partial charge in [-0.3, -0.25) is 0 Å². The van der Waals surface area contributed by atoms with Gasteiger partial charge in [-0.15, -0.1) is 0 Å². The van der Waals surface area contributed by atoms with Gasteiger partial charge in [-0.2, -0.15) is 0 Å². The fraction of sp³-hybridized carbons (Fsp3) is 0.316. The first-order chi connectivity index (χ1) is 11.2. The number of benzene rings is 2. The van der Waals surface area contributed by atoms with E-state index in [9.17, 15) is 9.18 Å².